The average Bonchev–Trinajstić information content (AvgIpc) is 2.51. The van der Waals surface area contributed by atoms with Crippen molar-refractivity contribution in [1.82, 2.24) is 0 Å². The van der Waals surface area contributed by atoms with Crippen LogP contribution in [0.5, 0.6) is 0 Å². The number of allylic oxidation sites excluding steroid dienone is 7. The Morgan fingerprint density at radius 2 is 1.48 bits per heavy atom. The molecule has 0 aliphatic heterocycles. The molecule has 0 fully saturated rings. The fourth-order valence-electron chi connectivity index (χ4n) is 2.06. The first-order valence-corrected chi connectivity index (χ1v) is 8.74. The molecule has 0 rings (SSSR count). The van der Waals surface area contributed by atoms with Crippen molar-refractivity contribution in [2.24, 2.45) is 5.73 Å². The molecule has 23 heavy (non-hydrogen) atoms. The highest BCUT2D eigenvalue weighted by Crippen LogP contribution is 2.01. The molecule has 0 aromatic heterocycles. The number of hydrogen-bond acceptors (Lipinski definition) is 2. The van der Waals surface area contributed by atoms with Crippen LogP contribution in [0.3, 0.4) is 0 Å². The Labute approximate surface area is 141 Å². The molecule has 0 unspecified atom stereocenters. The smallest absolute Gasteiger partial charge is 0.303 e. The number of rotatable bonds is 14. The Hall–Kier alpha value is -1.61. The van der Waals surface area contributed by atoms with Gasteiger partial charge in [-0.3, -0.25) is 4.79 Å². The van der Waals surface area contributed by atoms with E-state index in [1.54, 1.807) is 0 Å². The largest absolute Gasteiger partial charge is 0.481 e. The van der Waals surface area contributed by atoms with E-state index < -0.39 is 5.97 Å². The molecule has 3 nitrogen and oxygen atoms in total. The van der Waals surface area contributed by atoms with Crippen molar-refractivity contribution in [2.75, 3.05) is 0 Å². The second kappa shape index (κ2) is 16.8. The topological polar surface area (TPSA) is 63.3 Å². The number of carboxylic acids is 1. The summed E-state index contributed by atoms with van der Waals surface area (Å²) in [6.07, 6.45) is 25.0. The van der Waals surface area contributed by atoms with Crippen LogP contribution in [0.4, 0.5) is 0 Å². The summed E-state index contributed by atoms with van der Waals surface area (Å²) < 4.78 is 0. The molecule has 3 N–H and O–H groups in total. The average molecular weight is 319 g/mol. The van der Waals surface area contributed by atoms with E-state index in [-0.39, 0.29) is 6.42 Å². The number of carbonyl (C=O) groups is 1. The lowest BCUT2D eigenvalue weighted by Crippen LogP contribution is -2.17. The third-order valence-corrected chi connectivity index (χ3v) is 3.34. The van der Waals surface area contributed by atoms with Crippen LogP contribution in [-0.4, -0.2) is 17.1 Å². The van der Waals surface area contributed by atoms with Gasteiger partial charge in [0, 0.05) is 12.5 Å². The molecule has 0 spiro atoms. The lowest BCUT2D eigenvalue weighted by atomic mass is 10.1. The van der Waals surface area contributed by atoms with E-state index in [0.717, 1.165) is 51.4 Å². The van der Waals surface area contributed by atoms with Gasteiger partial charge in [0.1, 0.15) is 0 Å². The van der Waals surface area contributed by atoms with Gasteiger partial charge < -0.3 is 10.8 Å². The zero-order valence-corrected chi connectivity index (χ0v) is 14.5. The summed E-state index contributed by atoms with van der Waals surface area (Å²) in [6.45, 7) is 2.16. The van der Waals surface area contributed by atoms with Crippen LogP contribution in [0.1, 0.15) is 64.7 Å². The van der Waals surface area contributed by atoms with E-state index in [9.17, 15) is 4.79 Å². The number of carboxylic acid groups (broad SMARTS) is 1. The molecule has 0 bridgehead atoms. The zero-order valence-electron chi connectivity index (χ0n) is 14.5. The van der Waals surface area contributed by atoms with E-state index >= 15 is 0 Å². The molecule has 0 heterocycles. The lowest BCUT2D eigenvalue weighted by Gasteiger charge is -2.04. The van der Waals surface area contributed by atoms with Crippen molar-refractivity contribution in [3.05, 3.63) is 48.6 Å². The number of unbranched alkanes of at least 4 members (excludes halogenated alkanes) is 1. The van der Waals surface area contributed by atoms with Crippen LogP contribution in [0.25, 0.3) is 0 Å². The highest BCUT2D eigenvalue weighted by molar-refractivity contribution is 5.66. The maximum atomic E-state index is 10.3. The minimum absolute atomic E-state index is 0.254. The first kappa shape index (κ1) is 21.4. The Morgan fingerprint density at radius 3 is 2.00 bits per heavy atom. The molecule has 0 saturated heterocycles. The predicted octanol–water partition coefficient (Wildman–Crippen LogP) is 5.15. The van der Waals surface area contributed by atoms with Crippen LogP contribution in [0.15, 0.2) is 48.6 Å². The maximum Gasteiger partial charge on any atom is 0.303 e. The van der Waals surface area contributed by atoms with Gasteiger partial charge in [-0.15, -0.1) is 0 Å². The molecule has 1 atom stereocenters. The minimum atomic E-state index is -0.719. The predicted molar refractivity (Wildman–Crippen MR) is 99.4 cm³/mol. The molecule has 0 aliphatic carbocycles. The third-order valence-electron chi connectivity index (χ3n) is 3.34. The van der Waals surface area contributed by atoms with Gasteiger partial charge in [0.15, 0.2) is 0 Å². The number of hydrogen-bond donors (Lipinski definition) is 2. The van der Waals surface area contributed by atoms with Crippen molar-refractivity contribution >= 4 is 5.97 Å². The second-order valence-corrected chi connectivity index (χ2v) is 5.66. The highest BCUT2D eigenvalue weighted by atomic mass is 16.4. The Balaban J connectivity index is 3.50. The van der Waals surface area contributed by atoms with E-state index in [2.05, 4.69) is 55.5 Å². The molecule has 0 aromatic rings. The Bertz CT molecular complexity index is 394. The van der Waals surface area contributed by atoms with E-state index in [1.165, 1.54) is 0 Å². The van der Waals surface area contributed by atoms with Gasteiger partial charge in [0.25, 0.3) is 0 Å². The highest BCUT2D eigenvalue weighted by Gasteiger charge is 1.95. The van der Waals surface area contributed by atoms with Crippen molar-refractivity contribution in [2.45, 2.75) is 70.8 Å². The van der Waals surface area contributed by atoms with Crippen LogP contribution < -0.4 is 5.73 Å². The van der Waals surface area contributed by atoms with E-state index in [0.29, 0.717) is 6.04 Å². The van der Waals surface area contributed by atoms with Gasteiger partial charge in [-0.05, 0) is 44.9 Å². The van der Waals surface area contributed by atoms with Crippen molar-refractivity contribution < 1.29 is 9.90 Å². The summed E-state index contributed by atoms with van der Waals surface area (Å²) in [4.78, 5) is 10.3. The Kier molecular flexibility index (Phi) is 15.6. The monoisotopic (exact) mass is 319 g/mol. The van der Waals surface area contributed by atoms with Crippen molar-refractivity contribution in [3.63, 3.8) is 0 Å². The zero-order chi connectivity index (χ0) is 17.2. The van der Waals surface area contributed by atoms with Gasteiger partial charge in [0.05, 0.1) is 0 Å². The first-order chi connectivity index (χ1) is 11.2. The standard InChI is InChI=1S/C20H33NO2/c1-2-16-19(21)17-14-12-10-8-6-4-3-5-7-9-11-13-15-18-20(22)23/h3,5-6,8-9,11-12,14,19H,2,4,7,10,13,15-18,21H2,1H3,(H,22,23)/b5-3-,8-6-,11-9-,14-12-/t19-/m0/s1. The molecule has 130 valence electrons. The molecule has 3 heteroatoms. The maximum absolute atomic E-state index is 10.3. The number of nitrogens with two attached hydrogens (primary N) is 1. The summed E-state index contributed by atoms with van der Waals surface area (Å²) >= 11 is 0. The molecule has 0 aliphatic rings. The fourth-order valence-corrected chi connectivity index (χ4v) is 2.06. The quantitative estimate of drug-likeness (QED) is 0.343. The molecule has 0 radical (unpaired) electrons. The minimum Gasteiger partial charge on any atom is -0.481 e. The summed E-state index contributed by atoms with van der Waals surface area (Å²) in [5.74, 6) is -0.719. The summed E-state index contributed by atoms with van der Waals surface area (Å²) in [5, 5.41) is 8.50. The van der Waals surface area contributed by atoms with Gasteiger partial charge in [-0.1, -0.05) is 62.0 Å². The second-order valence-electron chi connectivity index (χ2n) is 5.66. The van der Waals surface area contributed by atoms with Crippen molar-refractivity contribution in [1.29, 1.82) is 0 Å². The fraction of sp³-hybridized carbons (Fsp3) is 0.550. The van der Waals surface area contributed by atoms with Gasteiger partial charge in [-0.2, -0.15) is 0 Å². The summed E-state index contributed by atoms with van der Waals surface area (Å²) in [6, 6.07) is 0.306. The third kappa shape index (κ3) is 18.3. The molecule has 0 amide bonds. The van der Waals surface area contributed by atoms with E-state index in [4.69, 9.17) is 10.8 Å². The summed E-state index contributed by atoms with van der Waals surface area (Å²) in [5.41, 5.74) is 5.93. The van der Waals surface area contributed by atoms with Gasteiger partial charge in [0.2, 0.25) is 0 Å². The Morgan fingerprint density at radius 1 is 0.957 bits per heavy atom. The van der Waals surface area contributed by atoms with Crippen LogP contribution in [-0.2, 0) is 4.79 Å². The normalized spacial score (nSPS) is 13.8. The van der Waals surface area contributed by atoms with E-state index in [1.807, 2.05) is 0 Å². The SMILES string of the molecule is CCC[C@H](N)C/C=C\C/C=C\C/C=C\C/C=C\CCCC(=O)O. The van der Waals surface area contributed by atoms with Crippen LogP contribution in [0.2, 0.25) is 0 Å². The molecular weight excluding hydrogens is 286 g/mol. The van der Waals surface area contributed by atoms with Gasteiger partial charge >= 0.3 is 5.97 Å². The first-order valence-electron chi connectivity index (χ1n) is 8.74. The number of aliphatic carboxylic acids is 1. The van der Waals surface area contributed by atoms with Crippen molar-refractivity contribution in [3.8, 4) is 0 Å². The van der Waals surface area contributed by atoms with Gasteiger partial charge in [-0.25, -0.2) is 0 Å². The lowest BCUT2D eigenvalue weighted by molar-refractivity contribution is -0.137. The molecule has 0 aromatic carbocycles. The van der Waals surface area contributed by atoms with Crippen LogP contribution >= 0.6 is 0 Å². The molecular formula is C20H33NO2. The van der Waals surface area contributed by atoms with Crippen LogP contribution in [0, 0.1) is 0 Å². The molecule has 0 saturated carbocycles. The summed E-state index contributed by atoms with van der Waals surface area (Å²) in [7, 11) is 0.